The number of amides is 1. The Labute approximate surface area is 180 Å². The highest BCUT2D eigenvalue weighted by Crippen LogP contribution is 2.31. The van der Waals surface area contributed by atoms with E-state index in [1.165, 1.54) is 0 Å². The number of aryl methyl sites for hydroxylation is 1. The lowest BCUT2D eigenvalue weighted by Crippen LogP contribution is -2.30. The number of methoxy groups -OCH3 is 1. The fraction of sp³-hybridized carbons (Fsp3) is 0.273. The first kappa shape index (κ1) is 21.2. The van der Waals surface area contributed by atoms with Gasteiger partial charge in [0.1, 0.15) is 5.75 Å². The zero-order chi connectivity index (χ0) is 21.0. The third kappa shape index (κ3) is 4.92. The Hall–Kier alpha value is -2.50. The van der Waals surface area contributed by atoms with Gasteiger partial charge in [0.05, 0.1) is 24.4 Å². The molecule has 0 saturated carbocycles. The highest BCUT2D eigenvalue weighted by Gasteiger charge is 2.21. The maximum atomic E-state index is 12.7. The molecule has 152 valence electrons. The lowest BCUT2D eigenvalue weighted by Gasteiger charge is -2.26. The molecule has 0 N–H and O–H groups in total. The molecule has 0 saturated heterocycles. The third-order valence-corrected chi connectivity index (χ3v) is 5.41. The molecule has 1 atom stereocenters. The molecule has 0 spiro atoms. The minimum atomic E-state index is -0.119. The molecular formula is C22H22Cl2N2O3. The molecule has 0 aliphatic carbocycles. The van der Waals surface area contributed by atoms with E-state index in [0.717, 1.165) is 11.3 Å². The molecule has 1 heterocycles. The Morgan fingerprint density at radius 1 is 1.24 bits per heavy atom. The summed E-state index contributed by atoms with van der Waals surface area (Å²) in [5.41, 5.74) is 1.67. The zero-order valence-corrected chi connectivity index (χ0v) is 18.0. The zero-order valence-electron chi connectivity index (χ0n) is 16.5. The summed E-state index contributed by atoms with van der Waals surface area (Å²) < 4.78 is 11.2. The molecule has 0 radical (unpaired) electrons. The predicted octanol–water partition coefficient (Wildman–Crippen LogP) is 5.81. The number of benzene rings is 2. The van der Waals surface area contributed by atoms with Crippen molar-refractivity contribution in [1.29, 1.82) is 0 Å². The lowest BCUT2D eigenvalue weighted by molar-refractivity contribution is -0.131. The highest BCUT2D eigenvalue weighted by molar-refractivity contribution is 6.36. The number of oxazole rings is 1. The number of halogens is 2. The molecule has 1 aromatic heterocycles. The molecule has 1 unspecified atom stereocenters. The fourth-order valence-electron chi connectivity index (χ4n) is 3.07. The van der Waals surface area contributed by atoms with Crippen molar-refractivity contribution < 1.29 is 13.9 Å². The van der Waals surface area contributed by atoms with Gasteiger partial charge < -0.3 is 14.1 Å². The van der Waals surface area contributed by atoms with Gasteiger partial charge >= 0.3 is 0 Å². The second-order valence-electron chi connectivity index (χ2n) is 6.66. The Bertz CT molecular complexity index is 1000. The van der Waals surface area contributed by atoms with E-state index in [4.69, 9.17) is 32.4 Å². The Balaban J connectivity index is 1.64. The van der Waals surface area contributed by atoms with E-state index >= 15 is 0 Å². The van der Waals surface area contributed by atoms with Crippen molar-refractivity contribution in [3.8, 4) is 17.1 Å². The van der Waals surface area contributed by atoms with E-state index in [2.05, 4.69) is 4.98 Å². The Kier molecular flexibility index (Phi) is 6.83. The summed E-state index contributed by atoms with van der Waals surface area (Å²) >= 11 is 12.1. The maximum Gasteiger partial charge on any atom is 0.223 e. The first-order valence-corrected chi connectivity index (χ1v) is 9.95. The average molecular weight is 433 g/mol. The second-order valence-corrected chi connectivity index (χ2v) is 7.51. The first-order valence-electron chi connectivity index (χ1n) is 9.19. The fourth-order valence-corrected chi connectivity index (χ4v) is 3.57. The van der Waals surface area contributed by atoms with Gasteiger partial charge in [-0.2, -0.15) is 0 Å². The van der Waals surface area contributed by atoms with Crippen LogP contribution in [0.15, 0.2) is 53.1 Å². The van der Waals surface area contributed by atoms with E-state index in [0.29, 0.717) is 33.7 Å². The molecule has 0 bridgehead atoms. The molecule has 3 rings (SSSR count). The Morgan fingerprint density at radius 2 is 2.00 bits per heavy atom. The molecule has 7 heteroatoms. The lowest BCUT2D eigenvalue weighted by atomic mass is 10.1. The van der Waals surface area contributed by atoms with E-state index in [-0.39, 0.29) is 18.4 Å². The third-order valence-electron chi connectivity index (χ3n) is 4.87. The summed E-state index contributed by atoms with van der Waals surface area (Å²) in [6, 6.07) is 12.7. The van der Waals surface area contributed by atoms with Gasteiger partial charge in [-0.1, -0.05) is 41.4 Å². The van der Waals surface area contributed by atoms with Gasteiger partial charge in [0.25, 0.3) is 0 Å². The van der Waals surface area contributed by atoms with Crippen molar-refractivity contribution in [2.75, 3.05) is 14.2 Å². The van der Waals surface area contributed by atoms with Crippen LogP contribution in [0, 0.1) is 0 Å². The summed E-state index contributed by atoms with van der Waals surface area (Å²) in [6.07, 6.45) is 2.29. The molecule has 0 aliphatic rings. The molecular weight excluding hydrogens is 411 g/mol. The number of para-hydroxylation sites is 1. The van der Waals surface area contributed by atoms with Crippen LogP contribution in [0.3, 0.4) is 0 Å². The second kappa shape index (κ2) is 9.33. The molecule has 29 heavy (non-hydrogen) atoms. The monoisotopic (exact) mass is 432 g/mol. The van der Waals surface area contributed by atoms with Crippen LogP contribution in [0.25, 0.3) is 11.3 Å². The van der Waals surface area contributed by atoms with Gasteiger partial charge in [-0.3, -0.25) is 4.79 Å². The van der Waals surface area contributed by atoms with Crippen molar-refractivity contribution >= 4 is 29.1 Å². The molecule has 3 aromatic rings. The minimum absolute atomic E-state index is 0.00678. The van der Waals surface area contributed by atoms with Crippen molar-refractivity contribution in [1.82, 2.24) is 9.88 Å². The molecule has 1 amide bonds. The van der Waals surface area contributed by atoms with Crippen molar-refractivity contribution in [3.05, 3.63) is 70.2 Å². The summed E-state index contributed by atoms with van der Waals surface area (Å²) in [5, 5.41) is 1.04. The molecule has 0 aliphatic heterocycles. The molecule has 0 fully saturated rings. The minimum Gasteiger partial charge on any atom is -0.496 e. The van der Waals surface area contributed by atoms with Gasteiger partial charge in [0.2, 0.25) is 5.91 Å². The molecule has 2 aromatic carbocycles. The van der Waals surface area contributed by atoms with Crippen LogP contribution in [0.5, 0.6) is 5.75 Å². The predicted molar refractivity (Wildman–Crippen MR) is 114 cm³/mol. The van der Waals surface area contributed by atoms with Crippen LogP contribution in [0.2, 0.25) is 10.0 Å². The van der Waals surface area contributed by atoms with E-state index < -0.39 is 0 Å². The van der Waals surface area contributed by atoms with Crippen LogP contribution in [0.1, 0.15) is 30.8 Å². The van der Waals surface area contributed by atoms with Gasteiger partial charge in [-0.25, -0.2) is 4.98 Å². The first-order chi connectivity index (χ1) is 13.9. The van der Waals surface area contributed by atoms with Gasteiger partial charge in [0, 0.05) is 36.0 Å². The maximum absolute atomic E-state index is 12.7. The standard InChI is InChI=1S/C22H22Cl2N2O3/c1-14(16-6-4-5-7-19(16)28-3)26(2)22(27)11-10-21-25-13-20(29-21)17-9-8-15(23)12-18(17)24/h4-9,12-14H,10-11H2,1-3H3. The largest absolute Gasteiger partial charge is 0.496 e. The van der Waals surface area contributed by atoms with Crippen LogP contribution in [-0.4, -0.2) is 29.9 Å². The van der Waals surface area contributed by atoms with E-state index in [1.807, 2.05) is 31.2 Å². The average Bonchev–Trinajstić information content (AvgIpc) is 3.19. The van der Waals surface area contributed by atoms with Crippen molar-refractivity contribution in [2.24, 2.45) is 0 Å². The molecule has 5 nitrogen and oxygen atoms in total. The highest BCUT2D eigenvalue weighted by atomic mass is 35.5. The van der Waals surface area contributed by atoms with E-state index in [9.17, 15) is 4.79 Å². The summed E-state index contributed by atoms with van der Waals surface area (Å²) in [6.45, 7) is 1.97. The van der Waals surface area contributed by atoms with Gasteiger partial charge in [0.15, 0.2) is 11.7 Å². The number of hydrogen-bond donors (Lipinski definition) is 0. The number of hydrogen-bond acceptors (Lipinski definition) is 4. The number of ether oxygens (including phenoxy) is 1. The quantitative estimate of drug-likeness (QED) is 0.472. The summed E-state index contributed by atoms with van der Waals surface area (Å²) in [4.78, 5) is 18.7. The van der Waals surface area contributed by atoms with Crippen molar-refractivity contribution in [3.63, 3.8) is 0 Å². The van der Waals surface area contributed by atoms with Gasteiger partial charge in [-0.05, 0) is 31.2 Å². The topological polar surface area (TPSA) is 55.6 Å². The summed E-state index contributed by atoms with van der Waals surface area (Å²) in [7, 11) is 3.41. The Morgan fingerprint density at radius 3 is 2.72 bits per heavy atom. The number of carbonyl (C=O) groups excluding carboxylic acids is 1. The SMILES string of the molecule is COc1ccccc1C(C)N(C)C(=O)CCc1ncc(-c2ccc(Cl)cc2Cl)o1. The number of nitrogens with zero attached hydrogens (tertiary/aromatic N) is 2. The normalized spacial score (nSPS) is 11.9. The van der Waals surface area contributed by atoms with Crippen LogP contribution in [-0.2, 0) is 11.2 Å². The number of aromatic nitrogens is 1. The van der Waals surface area contributed by atoms with Crippen LogP contribution >= 0.6 is 23.2 Å². The van der Waals surface area contributed by atoms with Crippen molar-refractivity contribution in [2.45, 2.75) is 25.8 Å². The number of carbonyl (C=O) groups is 1. The smallest absolute Gasteiger partial charge is 0.223 e. The summed E-state index contributed by atoms with van der Waals surface area (Å²) in [5.74, 6) is 1.78. The van der Waals surface area contributed by atoms with Crippen LogP contribution in [0.4, 0.5) is 0 Å². The van der Waals surface area contributed by atoms with E-state index in [1.54, 1.807) is 43.5 Å². The number of rotatable bonds is 7. The van der Waals surface area contributed by atoms with Crippen LogP contribution < -0.4 is 4.74 Å². The van der Waals surface area contributed by atoms with Gasteiger partial charge in [-0.15, -0.1) is 0 Å².